The Morgan fingerprint density at radius 1 is 0.889 bits per heavy atom. The zero-order valence-electron chi connectivity index (χ0n) is 17.0. The molecule has 0 rings (SSSR count). The molecule has 0 aliphatic heterocycles. The second-order valence-corrected chi connectivity index (χ2v) is 8.20. The highest BCUT2D eigenvalue weighted by Crippen LogP contribution is 2.15. The second kappa shape index (κ2) is 20.0. The molecule has 158 valence electrons. The predicted molar refractivity (Wildman–Crippen MR) is 114 cm³/mol. The Bertz CT molecular complexity index is 402. The lowest BCUT2D eigenvalue weighted by atomic mass is 10.1. The molecule has 3 N–H and O–H groups in total. The first-order valence-corrected chi connectivity index (χ1v) is 11.6. The summed E-state index contributed by atoms with van der Waals surface area (Å²) in [6.07, 6.45) is 21.0. The number of carboxylic acids is 1. The molecule has 0 radical (unpaired) electrons. The molecule has 0 aromatic rings. The molecule has 0 bridgehead atoms. The van der Waals surface area contributed by atoms with Crippen molar-refractivity contribution in [1.82, 2.24) is 5.09 Å². The second-order valence-electron chi connectivity index (χ2n) is 7.10. The Kier molecular flexibility index (Phi) is 19.4. The van der Waals surface area contributed by atoms with Crippen LogP contribution in [-0.4, -0.2) is 34.4 Å². The zero-order valence-corrected chi connectivity index (χ0v) is 18.0. The van der Waals surface area contributed by atoms with Crippen LogP contribution in [0.2, 0.25) is 0 Å². The molecule has 0 fully saturated rings. The molecule has 2 unspecified atom stereocenters. The van der Waals surface area contributed by atoms with Crippen LogP contribution in [0.1, 0.15) is 96.8 Å². The lowest BCUT2D eigenvalue weighted by Crippen LogP contribution is -2.35. The maximum atomic E-state index is 11.7. The number of carboxylic acid groups (broad SMARTS) is 1. The van der Waals surface area contributed by atoms with Crippen molar-refractivity contribution in [3.63, 3.8) is 0 Å². The number of aliphatic hydroxyl groups excluding tert-OH is 1. The van der Waals surface area contributed by atoms with Crippen molar-refractivity contribution < 1.29 is 19.8 Å². The maximum absolute atomic E-state index is 11.7. The highest BCUT2D eigenvalue weighted by Gasteiger charge is 2.16. The van der Waals surface area contributed by atoms with Gasteiger partial charge in [0.05, 0.1) is 6.61 Å². The van der Waals surface area contributed by atoms with Crippen molar-refractivity contribution in [1.29, 1.82) is 0 Å². The Morgan fingerprint density at radius 2 is 1.41 bits per heavy atom. The molecule has 0 aromatic heterocycles. The molecule has 0 aromatic carbocycles. The molecular formula is C21H40NO4P. The molecule has 0 aliphatic carbocycles. The first-order valence-electron chi connectivity index (χ1n) is 10.6. The van der Waals surface area contributed by atoms with Gasteiger partial charge in [0, 0.05) is 15.2 Å². The van der Waals surface area contributed by atoms with Crippen molar-refractivity contribution in [2.45, 2.75) is 103 Å². The van der Waals surface area contributed by atoms with Crippen LogP contribution < -0.4 is 5.09 Å². The number of allylic oxidation sites excluding steroid dienone is 2. The lowest BCUT2D eigenvalue weighted by Gasteiger charge is -2.10. The Labute approximate surface area is 167 Å². The van der Waals surface area contributed by atoms with E-state index in [1.165, 1.54) is 57.8 Å². The first-order chi connectivity index (χ1) is 13.1. The third-order valence-electron chi connectivity index (χ3n) is 4.53. The van der Waals surface area contributed by atoms with E-state index >= 15 is 0 Å². The van der Waals surface area contributed by atoms with Crippen LogP contribution in [0, 0.1) is 0 Å². The average Bonchev–Trinajstić information content (AvgIpc) is 2.65. The summed E-state index contributed by atoms with van der Waals surface area (Å²) in [5.74, 6) is -1.13. The van der Waals surface area contributed by atoms with E-state index in [0.29, 0.717) is 6.42 Å². The number of unbranched alkanes of at least 4 members (excludes halogenated alkanes) is 11. The van der Waals surface area contributed by atoms with Crippen LogP contribution in [0.5, 0.6) is 0 Å². The number of hydrogen-bond donors (Lipinski definition) is 3. The van der Waals surface area contributed by atoms with Gasteiger partial charge >= 0.3 is 5.97 Å². The maximum Gasteiger partial charge on any atom is 0.323 e. The van der Waals surface area contributed by atoms with Gasteiger partial charge in [-0.2, -0.15) is 0 Å². The minimum absolute atomic E-state index is 0.0346. The molecule has 0 amide bonds. The first kappa shape index (κ1) is 26.2. The van der Waals surface area contributed by atoms with E-state index in [1.807, 2.05) is 0 Å². The molecule has 6 heteroatoms. The van der Waals surface area contributed by atoms with Gasteiger partial charge < -0.3 is 10.2 Å². The minimum atomic E-state index is -1.13. The molecular weight excluding hydrogens is 361 g/mol. The van der Waals surface area contributed by atoms with Gasteiger partial charge in [0.15, 0.2) is 5.52 Å². The van der Waals surface area contributed by atoms with E-state index < -0.39 is 18.6 Å². The predicted octanol–water partition coefficient (Wildman–Crippen LogP) is 5.18. The molecule has 0 saturated heterocycles. The zero-order chi connectivity index (χ0) is 20.2. The SMILES string of the molecule is CCCCCCCCC=CCCCCCCCC(=O)PNC(CO)C(=O)O. The number of carbonyl (C=O) groups excluding carboxylic acids is 1. The van der Waals surface area contributed by atoms with Crippen molar-refractivity contribution in [2.75, 3.05) is 6.61 Å². The lowest BCUT2D eigenvalue weighted by molar-refractivity contribution is -0.139. The van der Waals surface area contributed by atoms with Gasteiger partial charge in [-0.1, -0.05) is 70.4 Å². The Balaban J connectivity index is 3.36. The quantitative estimate of drug-likeness (QED) is 0.149. The van der Waals surface area contributed by atoms with E-state index in [9.17, 15) is 9.59 Å². The van der Waals surface area contributed by atoms with Crippen LogP contribution >= 0.6 is 8.73 Å². The van der Waals surface area contributed by atoms with Crippen molar-refractivity contribution in [2.24, 2.45) is 0 Å². The number of nitrogens with one attached hydrogen (secondary N) is 1. The number of aliphatic carboxylic acids is 1. The van der Waals surface area contributed by atoms with Crippen LogP contribution in [0.3, 0.4) is 0 Å². The molecule has 0 heterocycles. The minimum Gasteiger partial charge on any atom is -0.480 e. The summed E-state index contributed by atoms with van der Waals surface area (Å²) >= 11 is 0. The van der Waals surface area contributed by atoms with Crippen molar-refractivity contribution >= 4 is 20.2 Å². The van der Waals surface area contributed by atoms with Gasteiger partial charge in [-0.15, -0.1) is 0 Å². The van der Waals surface area contributed by atoms with Crippen molar-refractivity contribution in [3.8, 4) is 0 Å². The van der Waals surface area contributed by atoms with Crippen molar-refractivity contribution in [3.05, 3.63) is 12.2 Å². The van der Waals surface area contributed by atoms with Gasteiger partial charge in [-0.05, 0) is 32.1 Å². The molecule has 5 nitrogen and oxygen atoms in total. The fourth-order valence-electron chi connectivity index (χ4n) is 2.77. The van der Waals surface area contributed by atoms with Gasteiger partial charge in [0.25, 0.3) is 0 Å². The summed E-state index contributed by atoms with van der Waals surface area (Å²) in [5.41, 5.74) is 0.0346. The summed E-state index contributed by atoms with van der Waals surface area (Å²) in [5, 5.41) is 20.2. The van der Waals surface area contributed by atoms with Gasteiger partial charge in [0.2, 0.25) is 0 Å². The highest BCUT2D eigenvalue weighted by molar-refractivity contribution is 7.55. The van der Waals surface area contributed by atoms with Gasteiger partial charge in [0.1, 0.15) is 6.04 Å². The summed E-state index contributed by atoms with van der Waals surface area (Å²) in [6.45, 7) is 1.75. The standard InChI is InChI=1S/C21H40NO4P/c1-2-3-4-5-6-7-8-9-10-11-12-13-14-15-16-17-20(24)27-22-19(18-23)21(25)26/h9-10,19,22-23,27H,2-8,11-18H2,1H3,(H,25,26). The van der Waals surface area contributed by atoms with Gasteiger partial charge in [-0.25, -0.2) is 0 Å². The Hall–Kier alpha value is -0.770. The topological polar surface area (TPSA) is 86.6 Å². The fraction of sp³-hybridized carbons (Fsp3) is 0.810. The third-order valence-corrected chi connectivity index (χ3v) is 5.55. The summed E-state index contributed by atoms with van der Waals surface area (Å²) in [6, 6.07) is -1.04. The van der Waals surface area contributed by atoms with Crippen LogP contribution in [0.15, 0.2) is 12.2 Å². The number of carbonyl (C=O) groups is 2. The fourth-order valence-corrected chi connectivity index (χ4v) is 3.62. The Morgan fingerprint density at radius 3 is 1.93 bits per heavy atom. The summed E-state index contributed by atoms with van der Waals surface area (Å²) < 4.78 is 0. The van der Waals surface area contributed by atoms with Crippen LogP contribution in [0.4, 0.5) is 0 Å². The molecule has 0 spiro atoms. The van der Waals surface area contributed by atoms with Crippen LogP contribution in [0.25, 0.3) is 0 Å². The van der Waals surface area contributed by atoms with E-state index in [2.05, 4.69) is 24.2 Å². The van der Waals surface area contributed by atoms with Crippen LogP contribution in [-0.2, 0) is 9.59 Å². The van der Waals surface area contributed by atoms with Gasteiger partial charge in [-0.3, -0.25) is 14.7 Å². The van der Waals surface area contributed by atoms with E-state index in [-0.39, 0.29) is 14.3 Å². The average molecular weight is 402 g/mol. The third kappa shape index (κ3) is 18.4. The summed E-state index contributed by atoms with van der Waals surface area (Å²) in [7, 11) is -0.242. The molecule has 0 saturated carbocycles. The molecule has 27 heavy (non-hydrogen) atoms. The normalized spacial score (nSPS) is 13.0. The number of hydrogen-bond acceptors (Lipinski definition) is 4. The van der Waals surface area contributed by atoms with E-state index in [0.717, 1.165) is 25.7 Å². The van der Waals surface area contributed by atoms with E-state index in [1.54, 1.807) is 0 Å². The largest absolute Gasteiger partial charge is 0.480 e. The monoisotopic (exact) mass is 401 g/mol. The molecule has 2 atom stereocenters. The smallest absolute Gasteiger partial charge is 0.323 e. The number of rotatable bonds is 20. The molecule has 0 aliphatic rings. The number of aliphatic hydroxyl groups is 1. The van der Waals surface area contributed by atoms with E-state index in [4.69, 9.17) is 10.2 Å². The summed E-state index contributed by atoms with van der Waals surface area (Å²) in [4.78, 5) is 22.4. The highest BCUT2D eigenvalue weighted by atomic mass is 31.1.